The normalized spacial score (nSPS) is 15.0. The quantitative estimate of drug-likeness (QED) is 0.518. The second kappa shape index (κ2) is 9.51. The second-order valence-electron chi connectivity index (χ2n) is 7.97. The van der Waals surface area contributed by atoms with Crippen molar-refractivity contribution in [3.05, 3.63) is 47.5 Å². The summed E-state index contributed by atoms with van der Waals surface area (Å²) in [7, 11) is 0. The van der Waals surface area contributed by atoms with E-state index in [9.17, 15) is 23.1 Å². The van der Waals surface area contributed by atoms with E-state index in [2.05, 4.69) is 9.64 Å². The first kappa shape index (κ1) is 25.7. The van der Waals surface area contributed by atoms with Crippen molar-refractivity contribution in [1.82, 2.24) is 0 Å². The van der Waals surface area contributed by atoms with Crippen LogP contribution in [0.5, 0.6) is 11.5 Å². The summed E-state index contributed by atoms with van der Waals surface area (Å²) in [5, 5.41) is 10.7. The van der Waals surface area contributed by atoms with Crippen LogP contribution < -0.4 is 38.3 Å². The van der Waals surface area contributed by atoms with Gasteiger partial charge in [0.25, 0.3) is 0 Å². The average molecular weight is 441 g/mol. The molecule has 0 bridgehead atoms. The molecule has 0 amide bonds. The first-order chi connectivity index (χ1) is 14.4. The van der Waals surface area contributed by atoms with Gasteiger partial charge in [-0.15, -0.1) is 13.2 Å². The molecule has 1 aliphatic heterocycles. The van der Waals surface area contributed by atoms with Gasteiger partial charge in [0.1, 0.15) is 17.1 Å². The molecule has 2 aromatic carbocycles. The van der Waals surface area contributed by atoms with Gasteiger partial charge < -0.3 is 24.3 Å². The van der Waals surface area contributed by atoms with Crippen molar-refractivity contribution in [2.75, 3.05) is 18.0 Å². The Kier molecular flexibility index (Phi) is 7.64. The zero-order chi connectivity index (χ0) is 23.0. The monoisotopic (exact) mass is 441 g/mol. The molecule has 0 spiro atoms. The third-order valence-corrected chi connectivity index (χ3v) is 4.92. The summed E-state index contributed by atoms with van der Waals surface area (Å²) in [6, 6.07) is 7.57. The summed E-state index contributed by atoms with van der Waals surface area (Å²) < 4.78 is 49.4. The van der Waals surface area contributed by atoms with Crippen LogP contribution in [0.3, 0.4) is 0 Å². The Hall–Kier alpha value is -2.56. The summed E-state index contributed by atoms with van der Waals surface area (Å²) in [4.78, 5) is 12.8. The molecular formula is C23H23F3LiNO4. The zero-order valence-corrected chi connectivity index (χ0v) is 18.7. The molecule has 0 radical (unpaired) electrons. The molecule has 0 saturated heterocycles. The van der Waals surface area contributed by atoms with E-state index in [4.69, 9.17) is 4.74 Å². The first-order valence-electron chi connectivity index (χ1n) is 9.76. The van der Waals surface area contributed by atoms with Crippen molar-refractivity contribution in [3.8, 4) is 22.6 Å². The number of hydrogen-bond acceptors (Lipinski definition) is 5. The van der Waals surface area contributed by atoms with Gasteiger partial charge in [-0.2, -0.15) is 0 Å². The number of fused-ring (bicyclic) bond motifs is 1. The molecule has 0 unspecified atom stereocenters. The molecule has 0 aliphatic carbocycles. The minimum absolute atomic E-state index is 0. The molecule has 1 aliphatic rings. The number of likely N-dealkylation sites (N-methyl/N-ethyl adjacent to an activating group) is 1. The third kappa shape index (κ3) is 6.02. The SMILES string of the molecule is CCN1CC(C)(C)Oc2cc(C)c(-c3cc(/C=C/C(=O)[O-])ccc3OC(F)(F)F)cc21.[Li+]. The van der Waals surface area contributed by atoms with Crippen molar-refractivity contribution in [2.45, 2.75) is 39.7 Å². The number of ether oxygens (including phenoxy) is 2. The number of alkyl halides is 3. The molecule has 32 heavy (non-hydrogen) atoms. The summed E-state index contributed by atoms with van der Waals surface area (Å²) in [6.07, 6.45) is -2.80. The van der Waals surface area contributed by atoms with Crippen molar-refractivity contribution >= 4 is 17.7 Å². The second-order valence-corrected chi connectivity index (χ2v) is 7.97. The zero-order valence-electron chi connectivity index (χ0n) is 18.7. The smallest absolute Gasteiger partial charge is 0.545 e. The van der Waals surface area contributed by atoms with Crippen LogP contribution in [0.15, 0.2) is 36.4 Å². The molecule has 5 nitrogen and oxygen atoms in total. The largest absolute Gasteiger partial charge is 1.00 e. The topological polar surface area (TPSA) is 61.8 Å². The van der Waals surface area contributed by atoms with E-state index in [1.807, 2.05) is 20.8 Å². The first-order valence-corrected chi connectivity index (χ1v) is 9.76. The molecule has 1 heterocycles. The maximum atomic E-state index is 13.0. The number of nitrogens with zero attached hydrogens (tertiary/aromatic N) is 1. The van der Waals surface area contributed by atoms with E-state index in [1.54, 1.807) is 19.1 Å². The van der Waals surface area contributed by atoms with Gasteiger partial charge >= 0.3 is 25.2 Å². The number of carboxylic acid groups (broad SMARTS) is 1. The van der Waals surface area contributed by atoms with Gasteiger partial charge in [0.15, 0.2) is 0 Å². The van der Waals surface area contributed by atoms with Gasteiger partial charge in [-0.05, 0) is 74.7 Å². The van der Waals surface area contributed by atoms with E-state index >= 15 is 0 Å². The van der Waals surface area contributed by atoms with E-state index < -0.39 is 17.9 Å². The van der Waals surface area contributed by atoms with E-state index in [0.717, 1.165) is 11.8 Å². The van der Waals surface area contributed by atoms with Crippen LogP contribution in [-0.4, -0.2) is 31.0 Å². The Morgan fingerprint density at radius 2 is 1.94 bits per heavy atom. The maximum Gasteiger partial charge on any atom is 1.00 e. The van der Waals surface area contributed by atoms with Crippen molar-refractivity contribution < 1.29 is 51.4 Å². The minimum Gasteiger partial charge on any atom is -0.545 e. The number of anilines is 1. The van der Waals surface area contributed by atoms with Crippen molar-refractivity contribution in [1.29, 1.82) is 0 Å². The van der Waals surface area contributed by atoms with Crippen LogP contribution in [-0.2, 0) is 4.79 Å². The number of halogens is 3. The van der Waals surface area contributed by atoms with Gasteiger partial charge in [-0.1, -0.05) is 12.1 Å². The standard InChI is InChI=1S/C23H24F3NO4.Li/c1-5-27-13-22(3,4)30-20-10-14(2)16(12-18(20)27)17-11-15(7-9-21(28)29)6-8-19(17)31-23(24,25)26;/h6-12H,5,13H2,1-4H3,(H,28,29);/q;+1/p-1/b9-7+;. The van der Waals surface area contributed by atoms with E-state index in [1.165, 1.54) is 24.3 Å². The van der Waals surface area contributed by atoms with Crippen LogP contribution in [0.2, 0.25) is 0 Å². The summed E-state index contributed by atoms with van der Waals surface area (Å²) in [5.41, 5.74) is 2.19. The van der Waals surface area contributed by atoms with Gasteiger partial charge in [-0.3, -0.25) is 0 Å². The number of carboxylic acids is 1. The van der Waals surface area contributed by atoms with E-state index in [-0.39, 0.29) is 30.2 Å². The number of aryl methyl sites for hydroxylation is 1. The van der Waals surface area contributed by atoms with Crippen LogP contribution in [0.4, 0.5) is 18.9 Å². The molecular weight excluding hydrogens is 418 g/mol. The molecule has 0 fully saturated rings. The van der Waals surface area contributed by atoms with Crippen LogP contribution in [0.1, 0.15) is 31.9 Å². The minimum atomic E-state index is -4.87. The molecule has 0 atom stereocenters. The van der Waals surface area contributed by atoms with Crippen LogP contribution in [0, 0.1) is 6.92 Å². The molecule has 9 heteroatoms. The van der Waals surface area contributed by atoms with Crippen LogP contribution >= 0.6 is 0 Å². The number of carbonyl (C=O) groups is 1. The maximum absolute atomic E-state index is 13.0. The molecule has 0 N–H and O–H groups in total. The Morgan fingerprint density at radius 1 is 1.25 bits per heavy atom. The fraction of sp³-hybridized carbons (Fsp3) is 0.348. The summed E-state index contributed by atoms with van der Waals surface area (Å²) >= 11 is 0. The van der Waals surface area contributed by atoms with Crippen LogP contribution in [0.25, 0.3) is 17.2 Å². The number of aliphatic carboxylic acids is 1. The molecule has 0 aromatic heterocycles. The number of rotatable bonds is 5. The van der Waals surface area contributed by atoms with Crippen molar-refractivity contribution in [2.24, 2.45) is 0 Å². The van der Waals surface area contributed by atoms with Gasteiger partial charge in [0.05, 0.1) is 18.2 Å². The Labute approximate surface area is 197 Å². The number of hydrogen-bond donors (Lipinski definition) is 0. The van der Waals surface area contributed by atoms with E-state index in [0.29, 0.717) is 35.5 Å². The Bertz CT molecular complexity index is 1030. The average Bonchev–Trinajstić information content (AvgIpc) is 2.64. The number of carbonyl (C=O) groups excluding carboxylic acids is 1. The predicted octanol–water partition coefficient (Wildman–Crippen LogP) is 1.33. The van der Waals surface area contributed by atoms with Gasteiger partial charge in [0, 0.05) is 12.1 Å². The molecule has 2 aromatic rings. The van der Waals surface area contributed by atoms with Gasteiger partial charge in [0.2, 0.25) is 0 Å². The Balaban J connectivity index is 0.00000363. The predicted molar refractivity (Wildman–Crippen MR) is 110 cm³/mol. The molecule has 166 valence electrons. The fourth-order valence-corrected chi connectivity index (χ4v) is 3.69. The van der Waals surface area contributed by atoms with Gasteiger partial charge in [-0.25, -0.2) is 0 Å². The molecule has 0 saturated carbocycles. The van der Waals surface area contributed by atoms with Crippen molar-refractivity contribution in [3.63, 3.8) is 0 Å². The Morgan fingerprint density at radius 3 is 2.53 bits per heavy atom. The summed E-state index contributed by atoms with van der Waals surface area (Å²) in [6.45, 7) is 9.04. The third-order valence-electron chi connectivity index (χ3n) is 4.92. The number of benzene rings is 2. The fourth-order valence-electron chi connectivity index (χ4n) is 3.69. The molecule has 3 rings (SSSR count). The summed E-state index contributed by atoms with van der Waals surface area (Å²) in [5.74, 6) is -1.12.